The SMILES string of the molecule is CCCCCc1ccc(C(=O)Nc2ccc(S(N)(=O)=O)cc2)nc1.Cl. The van der Waals surface area contributed by atoms with E-state index >= 15 is 0 Å². The van der Waals surface area contributed by atoms with Gasteiger partial charge in [-0.3, -0.25) is 9.78 Å². The zero-order valence-corrected chi connectivity index (χ0v) is 15.6. The van der Waals surface area contributed by atoms with Crippen molar-refractivity contribution in [2.75, 3.05) is 5.32 Å². The van der Waals surface area contributed by atoms with Crippen LogP contribution in [-0.2, 0) is 16.4 Å². The summed E-state index contributed by atoms with van der Waals surface area (Å²) in [6.07, 6.45) is 6.13. The maximum Gasteiger partial charge on any atom is 0.274 e. The van der Waals surface area contributed by atoms with Gasteiger partial charge in [0.05, 0.1) is 4.90 Å². The lowest BCUT2D eigenvalue weighted by Crippen LogP contribution is -2.15. The Bertz CT molecular complexity index is 791. The minimum absolute atomic E-state index is 0. The average Bonchev–Trinajstić information content (AvgIpc) is 2.55. The summed E-state index contributed by atoms with van der Waals surface area (Å²) in [4.78, 5) is 16.3. The van der Waals surface area contributed by atoms with Gasteiger partial charge in [0.15, 0.2) is 0 Å². The van der Waals surface area contributed by atoms with Crippen molar-refractivity contribution in [1.82, 2.24) is 4.98 Å². The van der Waals surface area contributed by atoms with E-state index < -0.39 is 10.0 Å². The summed E-state index contributed by atoms with van der Waals surface area (Å²) < 4.78 is 22.4. The molecule has 8 heteroatoms. The van der Waals surface area contributed by atoms with E-state index in [1.165, 1.54) is 30.7 Å². The Balaban J connectivity index is 0.00000312. The Morgan fingerprint density at radius 1 is 1.12 bits per heavy atom. The number of nitrogens with zero attached hydrogens (tertiary/aromatic N) is 1. The van der Waals surface area contributed by atoms with Crippen molar-refractivity contribution in [3.63, 3.8) is 0 Å². The summed E-state index contributed by atoms with van der Waals surface area (Å²) in [6, 6.07) is 9.24. The summed E-state index contributed by atoms with van der Waals surface area (Å²) in [5.74, 6) is -0.349. The molecule has 3 N–H and O–H groups in total. The van der Waals surface area contributed by atoms with Gasteiger partial charge in [0, 0.05) is 11.9 Å². The first kappa shape index (κ1) is 21.1. The number of anilines is 1. The highest BCUT2D eigenvalue weighted by atomic mass is 35.5. The molecule has 0 atom stereocenters. The molecule has 0 aliphatic rings. The molecular formula is C17H22ClN3O3S. The van der Waals surface area contributed by atoms with E-state index in [4.69, 9.17) is 5.14 Å². The molecule has 0 saturated carbocycles. The van der Waals surface area contributed by atoms with Crippen LogP contribution in [0.3, 0.4) is 0 Å². The Labute approximate surface area is 154 Å². The Hall–Kier alpha value is -1.96. The van der Waals surface area contributed by atoms with E-state index in [2.05, 4.69) is 17.2 Å². The quantitative estimate of drug-likeness (QED) is 0.717. The second-order valence-electron chi connectivity index (χ2n) is 5.53. The van der Waals surface area contributed by atoms with Crippen LogP contribution in [0.1, 0.15) is 42.2 Å². The number of nitrogens with one attached hydrogen (secondary N) is 1. The molecule has 0 saturated heterocycles. The number of primary sulfonamides is 1. The van der Waals surface area contributed by atoms with Crippen LogP contribution in [-0.4, -0.2) is 19.3 Å². The number of nitrogens with two attached hydrogens (primary N) is 1. The van der Waals surface area contributed by atoms with Crippen LogP contribution in [0.2, 0.25) is 0 Å². The molecule has 1 heterocycles. The number of unbranched alkanes of at least 4 members (excludes halogenated alkanes) is 2. The number of hydrogen-bond donors (Lipinski definition) is 2. The third-order valence-corrected chi connectivity index (χ3v) is 4.50. The largest absolute Gasteiger partial charge is 0.321 e. The topological polar surface area (TPSA) is 102 Å². The molecule has 0 aliphatic heterocycles. The number of aromatic nitrogens is 1. The lowest BCUT2D eigenvalue weighted by Gasteiger charge is -2.06. The van der Waals surface area contributed by atoms with Gasteiger partial charge in [0.1, 0.15) is 5.69 Å². The molecule has 0 unspecified atom stereocenters. The first-order chi connectivity index (χ1) is 11.4. The zero-order chi connectivity index (χ0) is 17.6. The molecule has 0 radical (unpaired) electrons. The molecule has 25 heavy (non-hydrogen) atoms. The Morgan fingerprint density at radius 2 is 1.80 bits per heavy atom. The molecule has 0 aliphatic carbocycles. The summed E-state index contributed by atoms with van der Waals surface area (Å²) in [5, 5.41) is 7.70. The summed E-state index contributed by atoms with van der Waals surface area (Å²) in [6.45, 7) is 2.15. The number of hydrogen-bond acceptors (Lipinski definition) is 4. The van der Waals surface area contributed by atoms with Crippen molar-refractivity contribution in [3.8, 4) is 0 Å². The number of halogens is 1. The van der Waals surface area contributed by atoms with E-state index in [1.807, 2.05) is 6.07 Å². The first-order valence-corrected chi connectivity index (χ1v) is 9.34. The van der Waals surface area contributed by atoms with Gasteiger partial charge in [-0.1, -0.05) is 25.8 Å². The lowest BCUT2D eigenvalue weighted by atomic mass is 10.1. The molecule has 6 nitrogen and oxygen atoms in total. The Kier molecular flexibility index (Phi) is 8.02. The third-order valence-electron chi connectivity index (χ3n) is 3.57. The molecule has 2 rings (SSSR count). The van der Waals surface area contributed by atoms with Crippen LogP contribution in [0.5, 0.6) is 0 Å². The molecule has 2 aromatic rings. The van der Waals surface area contributed by atoms with Gasteiger partial charge in [-0.2, -0.15) is 0 Å². The third kappa shape index (κ3) is 6.45. The standard InChI is InChI=1S/C17H21N3O3S.ClH/c1-2-3-4-5-13-6-11-16(19-12-13)17(21)20-14-7-9-15(10-8-14)24(18,22)23;/h6-12H,2-5H2,1H3,(H,20,21)(H2,18,22,23);1H. The number of carbonyl (C=O) groups is 1. The summed E-state index contributed by atoms with van der Waals surface area (Å²) in [5.41, 5.74) is 1.89. The zero-order valence-electron chi connectivity index (χ0n) is 13.9. The van der Waals surface area contributed by atoms with Gasteiger partial charge >= 0.3 is 0 Å². The van der Waals surface area contributed by atoms with E-state index in [9.17, 15) is 13.2 Å². The molecule has 0 fully saturated rings. The fourth-order valence-corrected chi connectivity index (χ4v) is 2.72. The van der Waals surface area contributed by atoms with Crippen LogP contribution < -0.4 is 10.5 Å². The van der Waals surface area contributed by atoms with Gasteiger partial charge in [-0.15, -0.1) is 12.4 Å². The predicted molar refractivity (Wildman–Crippen MR) is 100 cm³/mol. The van der Waals surface area contributed by atoms with Crippen LogP contribution in [0.4, 0.5) is 5.69 Å². The molecule has 0 bridgehead atoms. The van der Waals surface area contributed by atoms with Gasteiger partial charge < -0.3 is 5.32 Å². The van der Waals surface area contributed by atoms with E-state index in [0.717, 1.165) is 24.8 Å². The number of amides is 1. The number of rotatable bonds is 7. The molecule has 136 valence electrons. The van der Waals surface area contributed by atoms with Crippen molar-refractivity contribution in [2.45, 2.75) is 37.5 Å². The number of benzene rings is 1. The normalized spacial score (nSPS) is 10.8. The van der Waals surface area contributed by atoms with Gasteiger partial charge in [-0.25, -0.2) is 13.6 Å². The number of aryl methyl sites for hydroxylation is 1. The number of pyridine rings is 1. The van der Waals surface area contributed by atoms with Crippen molar-refractivity contribution in [1.29, 1.82) is 0 Å². The highest BCUT2D eigenvalue weighted by Gasteiger charge is 2.10. The van der Waals surface area contributed by atoms with Crippen molar-refractivity contribution >= 4 is 34.0 Å². The lowest BCUT2D eigenvalue weighted by molar-refractivity contribution is 0.102. The smallest absolute Gasteiger partial charge is 0.274 e. The van der Waals surface area contributed by atoms with Crippen molar-refractivity contribution in [2.24, 2.45) is 5.14 Å². The van der Waals surface area contributed by atoms with Crippen molar-refractivity contribution < 1.29 is 13.2 Å². The highest BCUT2D eigenvalue weighted by Crippen LogP contribution is 2.14. The van der Waals surface area contributed by atoms with E-state index in [0.29, 0.717) is 11.4 Å². The predicted octanol–water partition coefficient (Wildman–Crippen LogP) is 3.14. The fraction of sp³-hybridized carbons (Fsp3) is 0.294. The molecular weight excluding hydrogens is 362 g/mol. The van der Waals surface area contributed by atoms with Crippen LogP contribution in [0.25, 0.3) is 0 Å². The molecule has 1 aromatic carbocycles. The molecule has 1 amide bonds. The second kappa shape index (κ2) is 9.50. The van der Waals surface area contributed by atoms with Crippen molar-refractivity contribution in [3.05, 3.63) is 53.9 Å². The minimum Gasteiger partial charge on any atom is -0.321 e. The first-order valence-electron chi connectivity index (χ1n) is 7.79. The second-order valence-corrected chi connectivity index (χ2v) is 7.09. The van der Waals surface area contributed by atoms with E-state index in [1.54, 1.807) is 12.3 Å². The number of sulfonamides is 1. The maximum absolute atomic E-state index is 12.2. The van der Waals surface area contributed by atoms with Crippen LogP contribution in [0.15, 0.2) is 47.5 Å². The van der Waals surface area contributed by atoms with Crippen LogP contribution in [0, 0.1) is 0 Å². The monoisotopic (exact) mass is 383 g/mol. The van der Waals surface area contributed by atoms with E-state index in [-0.39, 0.29) is 23.2 Å². The fourth-order valence-electron chi connectivity index (χ4n) is 2.21. The number of carbonyl (C=O) groups excluding carboxylic acids is 1. The average molecular weight is 384 g/mol. The molecule has 0 spiro atoms. The highest BCUT2D eigenvalue weighted by molar-refractivity contribution is 7.89. The maximum atomic E-state index is 12.2. The molecule has 1 aromatic heterocycles. The summed E-state index contributed by atoms with van der Waals surface area (Å²) >= 11 is 0. The van der Waals surface area contributed by atoms with Crippen LogP contribution >= 0.6 is 12.4 Å². The van der Waals surface area contributed by atoms with Gasteiger partial charge in [0.2, 0.25) is 10.0 Å². The summed E-state index contributed by atoms with van der Waals surface area (Å²) in [7, 11) is -3.74. The van der Waals surface area contributed by atoms with Gasteiger partial charge in [-0.05, 0) is 48.7 Å². The Morgan fingerprint density at radius 3 is 2.32 bits per heavy atom. The van der Waals surface area contributed by atoms with Gasteiger partial charge in [0.25, 0.3) is 5.91 Å². The minimum atomic E-state index is -3.74.